The molecule has 0 bridgehead atoms. The van der Waals surface area contributed by atoms with Gasteiger partial charge in [0.2, 0.25) is 11.8 Å². The zero-order valence-electron chi connectivity index (χ0n) is 23.6. The number of carboxylic acid groups (broad SMARTS) is 3. The molecule has 1 aliphatic heterocycles. The van der Waals surface area contributed by atoms with Crippen molar-refractivity contribution in [2.75, 3.05) is 25.4 Å². The maximum absolute atomic E-state index is 14.8. The number of benzene rings is 1. The average Bonchev–Trinajstić information content (AvgIpc) is 3.81. The van der Waals surface area contributed by atoms with Crippen molar-refractivity contribution >= 4 is 57.1 Å². The van der Waals surface area contributed by atoms with Crippen molar-refractivity contribution in [2.24, 2.45) is 11.7 Å². The van der Waals surface area contributed by atoms with Crippen LogP contribution in [0.3, 0.4) is 0 Å². The van der Waals surface area contributed by atoms with Crippen LogP contribution in [0, 0.1) is 11.7 Å². The summed E-state index contributed by atoms with van der Waals surface area (Å²) < 4.78 is 14.8. The maximum Gasteiger partial charge on any atom is 0.328 e. The molecule has 1 aliphatic carbocycles. The summed E-state index contributed by atoms with van der Waals surface area (Å²) in [6.07, 6.45) is 2.38. The van der Waals surface area contributed by atoms with Gasteiger partial charge in [-0.05, 0) is 37.3 Å². The van der Waals surface area contributed by atoms with Crippen LogP contribution in [-0.4, -0.2) is 98.4 Å². The smallest absolute Gasteiger partial charge is 0.328 e. The lowest BCUT2D eigenvalue weighted by atomic mass is 9.93. The summed E-state index contributed by atoms with van der Waals surface area (Å²) in [5.41, 5.74) is 6.48. The van der Waals surface area contributed by atoms with Gasteiger partial charge in [0.05, 0.1) is 12.1 Å². The Morgan fingerprint density at radius 2 is 1.75 bits per heavy atom. The highest BCUT2D eigenvalue weighted by Gasteiger charge is 2.41. The highest BCUT2D eigenvalue weighted by Crippen LogP contribution is 2.42. The van der Waals surface area contributed by atoms with Gasteiger partial charge in [0.25, 0.3) is 0 Å². The molecule has 0 radical (unpaired) electrons. The number of likely N-dealkylation sites (tertiary alicyclic amines) is 1. The number of ketones is 1. The number of rotatable bonds is 17. The number of nitrogens with two attached hydrogens (primary N) is 1. The fourth-order valence-corrected chi connectivity index (χ4v) is 7.55. The number of halogens is 1. The van der Waals surface area contributed by atoms with E-state index in [1.807, 2.05) is 0 Å². The molecule has 4 atom stereocenters. The van der Waals surface area contributed by atoms with Crippen molar-refractivity contribution in [3.8, 4) is 0 Å². The highest BCUT2D eigenvalue weighted by atomic mass is 33.1. The molecule has 2 amide bonds. The zero-order chi connectivity index (χ0) is 32.4. The second kappa shape index (κ2) is 16.6. The average molecular weight is 655 g/mol. The lowest BCUT2D eigenvalue weighted by Gasteiger charge is -2.38. The molecule has 0 aromatic heterocycles. The second-order valence-corrected chi connectivity index (χ2v) is 13.1. The van der Waals surface area contributed by atoms with Crippen LogP contribution in [0.4, 0.5) is 4.39 Å². The summed E-state index contributed by atoms with van der Waals surface area (Å²) >= 11 is 0. The molecule has 240 valence electrons. The predicted octanol–water partition coefficient (Wildman–Crippen LogP) is 1.19. The molecule has 7 N–H and O–H groups in total. The molecule has 1 saturated carbocycles. The Labute approximate surface area is 260 Å². The van der Waals surface area contributed by atoms with Crippen LogP contribution < -0.4 is 16.4 Å². The Kier molecular flexibility index (Phi) is 13.2. The van der Waals surface area contributed by atoms with Gasteiger partial charge in [-0.3, -0.25) is 28.9 Å². The van der Waals surface area contributed by atoms with E-state index in [4.69, 9.17) is 15.9 Å². The predicted molar refractivity (Wildman–Crippen MR) is 160 cm³/mol. The summed E-state index contributed by atoms with van der Waals surface area (Å²) in [5.74, 6) is -6.04. The summed E-state index contributed by atoms with van der Waals surface area (Å²) in [6, 6.07) is 2.75. The van der Waals surface area contributed by atoms with Gasteiger partial charge in [0, 0.05) is 48.1 Å². The fraction of sp³-hybridized carbons (Fsp3) is 0.500. The number of Topliss-reactive ketones (excluding diaryl/α,β-unsaturated/α-hetero) is 1. The quantitative estimate of drug-likeness (QED) is 0.103. The van der Waals surface area contributed by atoms with E-state index >= 15 is 0 Å². The monoisotopic (exact) mass is 654 g/mol. The van der Waals surface area contributed by atoms with E-state index in [2.05, 4.69) is 10.6 Å². The van der Waals surface area contributed by atoms with E-state index in [9.17, 15) is 38.3 Å². The van der Waals surface area contributed by atoms with Gasteiger partial charge in [-0.15, -0.1) is 0 Å². The van der Waals surface area contributed by atoms with Gasteiger partial charge >= 0.3 is 17.9 Å². The van der Waals surface area contributed by atoms with Gasteiger partial charge in [0.15, 0.2) is 5.78 Å². The molecule has 13 nitrogen and oxygen atoms in total. The Morgan fingerprint density at radius 3 is 2.36 bits per heavy atom. The van der Waals surface area contributed by atoms with Crippen molar-refractivity contribution in [3.63, 3.8) is 0 Å². The van der Waals surface area contributed by atoms with E-state index in [1.54, 1.807) is 17.0 Å². The first-order chi connectivity index (χ1) is 20.9. The van der Waals surface area contributed by atoms with E-state index in [0.717, 1.165) is 29.7 Å². The molecule has 2 aliphatic rings. The molecular weight excluding hydrogens is 619 g/mol. The minimum absolute atomic E-state index is 0.0495. The molecule has 1 aromatic carbocycles. The number of carbonyl (C=O) groups is 6. The number of nitrogens with zero attached hydrogens (tertiary/aromatic N) is 1. The Morgan fingerprint density at radius 1 is 1.05 bits per heavy atom. The Hall–Kier alpha value is -3.47. The van der Waals surface area contributed by atoms with Crippen molar-refractivity contribution in [3.05, 3.63) is 47.3 Å². The lowest BCUT2D eigenvalue weighted by molar-refractivity contribution is -0.138. The van der Waals surface area contributed by atoms with E-state index < -0.39 is 60.2 Å². The maximum atomic E-state index is 14.8. The molecule has 44 heavy (non-hydrogen) atoms. The molecule has 3 rings (SSSR count). The number of carboxylic acids is 3. The van der Waals surface area contributed by atoms with Crippen LogP contribution in [0.25, 0.3) is 0 Å². The molecule has 2 fully saturated rings. The van der Waals surface area contributed by atoms with E-state index in [-0.39, 0.29) is 47.7 Å². The van der Waals surface area contributed by atoms with Gasteiger partial charge in [0.1, 0.15) is 18.4 Å². The lowest BCUT2D eigenvalue weighted by Crippen LogP contribution is -2.53. The number of hydrogen-bond donors (Lipinski definition) is 6. The number of carbonyl (C=O) groups excluding carboxylic acids is 3. The topological polar surface area (TPSA) is 216 Å². The molecule has 1 aromatic rings. The van der Waals surface area contributed by atoms with Crippen LogP contribution in [0.5, 0.6) is 0 Å². The molecule has 16 heteroatoms. The zero-order valence-corrected chi connectivity index (χ0v) is 25.3. The number of nitrogens with one attached hydrogen (secondary N) is 2. The number of amides is 2. The largest absolute Gasteiger partial charge is 0.481 e. The summed E-state index contributed by atoms with van der Waals surface area (Å²) in [6.45, 7) is -0.231. The molecular formula is C28H35FN4O9S2. The van der Waals surface area contributed by atoms with Crippen LogP contribution >= 0.6 is 21.6 Å². The van der Waals surface area contributed by atoms with Gasteiger partial charge < -0.3 is 31.7 Å². The molecule has 0 spiro atoms. The van der Waals surface area contributed by atoms with Crippen molar-refractivity contribution < 1.29 is 48.5 Å². The third-order valence-corrected chi connectivity index (χ3v) is 9.96. The molecule has 1 heterocycles. The minimum atomic E-state index is -1.30. The minimum Gasteiger partial charge on any atom is -0.481 e. The number of aliphatic carboxylic acids is 3. The van der Waals surface area contributed by atoms with Gasteiger partial charge in [-0.25, -0.2) is 9.18 Å². The van der Waals surface area contributed by atoms with Crippen LogP contribution in [0.15, 0.2) is 35.9 Å². The van der Waals surface area contributed by atoms with E-state index in [1.165, 1.54) is 22.9 Å². The van der Waals surface area contributed by atoms with Crippen LogP contribution in [0.1, 0.15) is 43.7 Å². The highest BCUT2D eigenvalue weighted by molar-refractivity contribution is 8.77. The standard InChI is InChI=1S/C28H35FN4O9S2/c29-18-4-2-1-3-17(18)25(26(40)15-5-6-15)33-10-9-21(16(13-33)11-23(36)37)44-43-14-20(28(42)31-12-24(38)39)32-27(41)19(30)7-8-22(34)35/h1-4,11,15,19-21,25H,5-10,12-14,30H2,(H,31,42)(H,32,41)(H,34,35)(H,36,37)(H,38,39)/b16-11-/t19-,20-,21?,25?/m0/s1. The Balaban J connectivity index is 1.70. The summed E-state index contributed by atoms with van der Waals surface area (Å²) in [7, 11) is 2.39. The second-order valence-electron chi connectivity index (χ2n) is 10.5. The van der Waals surface area contributed by atoms with Crippen molar-refractivity contribution in [1.29, 1.82) is 0 Å². The fourth-order valence-electron chi connectivity index (χ4n) is 4.68. The first-order valence-corrected chi connectivity index (χ1v) is 16.3. The van der Waals surface area contributed by atoms with Crippen LogP contribution in [-0.2, 0) is 28.8 Å². The van der Waals surface area contributed by atoms with Gasteiger partial charge in [-0.1, -0.05) is 39.8 Å². The first-order valence-electron chi connectivity index (χ1n) is 13.9. The van der Waals surface area contributed by atoms with Crippen molar-refractivity contribution in [2.45, 2.75) is 55.5 Å². The third-order valence-electron chi connectivity index (χ3n) is 7.07. The molecule has 1 saturated heterocycles. The van der Waals surface area contributed by atoms with Crippen LogP contribution in [0.2, 0.25) is 0 Å². The third kappa shape index (κ3) is 10.6. The first kappa shape index (κ1) is 35.0. The number of hydrogen-bond acceptors (Lipinski definition) is 10. The Bertz CT molecular complexity index is 1290. The normalized spacial score (nSPS) is 19.9. The van der Waals surface area contributed by atoms with Gasteiger partial charge in [-0.2, -0.15) is 0 Å². The van der Waals surface area contributed by atoms with Crippen molar-refractivity contribution in [1.82, 2.24) is 15.5 Å². The SMILES string of the molecule is N[C@@H](CCC(=O)O)C(=O)N[C@@H](CSSC1CCN(C(C(=O)C2CC2)c2ccccc2F)C/C1=C/C(=O)O)C(=O)NCC(=O)O. The summed E-state index contributed by atoms with van der Waals surface area (Å²) in [4.78, 5) is 73.7. The number of piperidine rings is 1. The molecule has 2 unspecified atom stereocenters. The van der Waals surface area contributed by atoms with E-state index in [0.29, 0.717) is 18.5 Å². The summed E-state index contributed by atoms with van der Waals surface area (Å²) in [5, 5.41) is 31.6.